The van der Waals surface area contributed by atoms with Crippen LogP contribution in [0.2, 0.25) is 0 Å². The summed E-state index contributed by atoms with van der Waals surface area (Å²) in [6.45, 7) is 9.05. The van der Waals surface area contributed by atoms with Gasteiger partial charge < -0.3 is 40.0 Å². The second-order valence-electron chi connectivity index (χ2n) is 15.7. The molecule has 4 aliphatic carbocycles. The number of nitrogens with zero attached hydrogens (tertiary/aromatic N) is 2. The smallest absolute Gasteiger partial charge is 0.329 e. The Bertz CT molecular complexity index is 1490. The van der Waals surface area contributed by atoms with Crippen molar-refractivity contribution in [2.45, 2.75) is 103 Å². The second kappa shape index (κ2) is 13.4. The molecule has 3 heterocycles. The highest BCUT2D eigenvalue weighted by molar-refractivity contribution is 5.85. The number of imidazole rings is 1. The fourth-order valence-electron chi connectivity index (χ4n) is 10.1. The van der Waals surface area contributed by atoms with Gasteiger partial charge in [-0.15, -0.1) is 0 Å². The van der Waals surface area contributed by atoms with Gasteiger partial charge in [-0.25, -0.2) is 9.78 Å². The van der Waals surface area contributed by atoms with Gasteiger partial charge in [0.15, 0.2) is 0 Å². The van der Waals surface area contributed by atoms with Crippen molar-refractivity contribution >= 4 is 23.8 Å². The Morgan fingerprint density at radius 3 is 2.57 bits per heavy atom. The van der Waals surface area contributed by atoms with Crippen molar-refractivity contribution < 1.29 is 44.0 Å². The predicted octanol–water partition coefficient (Wildman–Crippen LogP) is 1.04. The minimum absolute atomic E-state index is 0.0352. The van der Waals surface area contributed by atoms with Crippen LogP contribution in [0.1, 0.15) is 66.0 Å². The fourth-order valence-corrected chi connectivity index (χ4v) is 10.1. The van der Waals surface area contributed by atoms with E-state index in [0.717, 1.165) is 5.57 Å². The molecule has 7 rings (SSSR count). The van der Waals surface area contributed by atoms with Gasteiger partial charge in [-0.3, -0.25) is 14.4 Å². The number of allylic oxidation sites excluding steroid dienone is 1. The zero-order valence-electron chi connectivity index (χ0n) is 29.2. The van der Waals surface area contributed by atoms with E-state index in [2.05, 4.69) is 21.7 Å². The first-order valence-electron chi connectivity index (χ1n) is 17.8. The lowest BCUT2D eigenvalue weighted by molar-refractivity contribution is -0.198. The molecular formula is C36H52N4O9. The summed E-state index contributed by atoms with van der Waals surface area (Å²) in [6, 6.07) is -1.11. The first-order chi connectivity index (χ1) is 23.1. The molecule has 5 N–H and O–H groups in total. The number of fused-ring (bicyclic) bond motifs is 7. The summed E-state index contributed by atoms with van der Waals surface area (Å²) in [6.07, 6.45) is 3.62. The van der Waals surface area contributed by atoms with Crippen LogP contribution in [0.15, 0.2) is 24.2 Å². The van der Waals surface area contributed by atoms with Crippen LogP contribution in [0.4, 0.5) is 0 Å². The van der Waals surface area contributed by atoms with Crippen LogP contribution in [0, 0.1) is 53.3 Å². The van der Waals surface area contributed by atoms with Gasteiger partial charge in [-0.2, -0.15) is 0 Å². The molecule has 15 unspecified atom stereocenters. The maximum absolute atomic E-state index is 14.2. The van der Waals surface area contributed by atoms with Crippen LogP contribution in [0.3, 0.4) is 0 Å². The van der Waals surface area contributed by atoms with Crippen molar-refractivity contribution in [3.05, 3.63) is 29.9 Å². The molecule has 1 aromatic rings. The average molecular weight is 685 g/mol. The topological polar surface area (TPSA) is 189 Å². The highest BCUT2D eigenvalue weighted by Gasteiger charge is 2.66. The largest absolute Gasteiger partial charge is 0.462 e. The van der Waals surface area contributed by atoms with Gasteiger partial charge in [0.25, 0.3) is 0 Å². The summed E-state index contributed by atoms with van der Waals surface area (Å²) in [5, 5.41) is 40.2. The van der Waals surface area contributed by atoms with E-state index < -0.39 is 71.7 Å². The van der Waals surface area contributed by atoms with Crippen molar-refractivity contribution in [2.24, 2.45) is 60.3 Å². The highest BCUT2D eigenvalue weighted by Crippen LogP contribution is 2.64. The minimum Gasteiger partial charge on any atom is -0.462 e. The molecule has 49 heavy (non-hydrogen) atoms. The van der Waals surface area contributed by atoms with E-state index in [1.807, 2.05) is 27.7 Å². The van der Waals surface area contributed by atoms with E-state index in [1.54, 1.807) is 24.1 Å². The number of carbonyl (C=O) groups excluding carboxylic acids is 4. The van der Waals surface area contributed by atoms with E-state index in [1.165, 1.54) is 6.92 Å². The number of aryl methyl sites for hydroxylation is 1. The van der Waals surface area contributed by atoms with Gasteiger partial charge in [0.1, 0.15) is 18.2 Å². The molecule has 0 radical (unpaired) electrons. The number of carbonyl (C=O) groups is 4. The van der Waals surface area contributed by atoms with Crippen molar-refractivity contribution in [1.29, 1.82) is 0 Å². The monoisotopic (exact) mass is 684 g/mol. The molecular weight excluding hydrogens is 632 g/mol. The Labute approximate surface area is 287 Å². The lowest BCUT2D eigenvalue weighted by Gasteiger charge is -2.47. The fraction of sp³-hybridized carbons (Fsp3) is 0.750. The molecule has 2 aliphatic heterocycles. The lowest BCUT2D eigenvalue weighted by Crippen LogP contribution is -2.56. The number of hydrogen-bond donors (Lipinski definition) is 5. The van der Waals surface area contributed by atoms with E-state index in [-0.39, 0.29) is 60.8 Å². The Balaban J connectivity index is 1.36. The predicted molar refractivity (Wildman–Crippen MR) is 175 cm³/mol. The van der Waals surface area contributed by atoms with Gasteiger partial charge in [-0.1, -0.05) is 25.5 Å². The zero-order valence-corrected chi connectivity index (χ0v) is 29.2. The molecule has 13 heteroatoms. The Hall–Kier alpha value is -3.29. The van der Waals surface area contributed by atoms with Crippen molar-refractivity contribution in [3.63, 3.8) is 0 Å². The molecule has 15 atom stereocenters. The number of aliphatic hydroxyl groups excluding tert-OH is 2. The molecule has 2 saturated heterocycles. The third-order valence-electron chi connectivity index (χ3n) is 12.8. The SMILES string of the molecule is CC(=O)NCCC(=O)NC(Cc1cncn1C)C(=O)OC1C(C)C2CCC(C)(O)C3CC4C(C)=CC5C(O)C(C)C(O)C5C4C3C1C(=O)O2. The van der Waals surface area contributed by atoms with Gasteiger partial charge in [0.05, 0.1) is 30.1 Å². The molecule has 0 spiro atoms. The number of hydrogen-bond acceptors (Lipinski definition) is 10. The third-order valence-corrected chi connectivity index (χ3v) is 12.8. The lowest BCUT2D eigenvalue weighted by atomic mass is 9.61. The minimum atomic E-state index is -1.15. The molecule has 2 amide bonds. The third kappa shape index (κ3) is 6.42. The van der Waals surface area contributed by atoms with Gasteiger partial charge in [-0.05, 0) is 62.7 Å². The number of ether oxygens (including phenoxy) is 2. The number of amides is 2. The molecule has 270 valence electrons. The number of rotatable bonds is 8. The number of aromatic nitrogens is 2. The Kier molecular flexibility index (Phi) is 9.75. The standard InChI is InChI=1S/C36H52N4O9/c1-16-11-22-28(32(44)18(3)31(22)43)27-21(16)13-23-29(27)30-33(17(2)25(48-35(30)46)7-9-36(23,5)47)49-34(45)24(12-20-14-37-15-40(20)6)39-26(42)8-10-38-19(4)41/h11,14-15,17-18,21-25,27-33,43-44,47H,7-10,12-13H2,1-6H3,(H,38,41)(H,39,42). The van der Waals surface area contributed by atoms with Crippen molar-refractivity contribution in [1.82, 2.24) is 20.2 Å². The molecule has 6 aliphatic rings. The second-order valence-corrected chi connectivity index (χ2v) is 15.7. The number of esters is 2. The van der Waals surface area contributed by atoms with Gasteiger partial charge >= 0.3 is 11.9 Å². The molecule has 5 fully saturated rings. The van der Waals surface area contributed by atoms with Crippen LogP contribution >= 0.6 is 0 Å². The number of aliphatic hydroxyl groups is 3. The number of nitrogens with one attached hydrogen (secondary N) is 2. The first kappa shape index (κ1) is 35.5. The average Bonchev–Trinajstić information content (AvgIpc) is 3.70. The first-order valence-corrected chi connectivity index (χ1v) is 17.8. The van der Waals surface area contributed by atoms with Crippen LogP contribution in [-0.2, 0) is 42.1 Å². The molecule has 1 aromatic heterocycles. The summed E-state index contributed by atoms with van der Waals surface area (Å²) < 4.78 is 14.2. The van der Waals surface area contributed by atoms with E-state index in [9.17, 15) is 34.5 Å². The van der Waals surface area contributed by atoms with Crippen molar-refractivity contribution in [3.8, 4) is 0 Å². The Morgan fingerprint density at radius 2 is 1.90 bits per heavy atom. The molecule has 0 aromatic carbocycles. The van der Waals surface area contributed by atoms with E-state index in [0.29, 0.717) is 25.0 Å². The van der Waals surface area contributed by atoms with Gasteiger partial charge in [0.2, 0.25) is 11.8 Å². The van der Waals surface area contributed by atoms with E-state index in [4.69, 9.17) is 9.47 Å². The summed E-state index contributed by atoms with van der Waals surface area (Å²) in [5.74, 6) is -5.43. The normalized spacial score (nSPS) is 41.5. The maximum Gasteiger partial charge on any atom is 0.329 e. The Morgan fingerprint density at radius 1 is 1.16 bits per heavy atom. The summed E-state index contributed by atoms with van der Waals surface area (Å²) in [5.41, 5.74) is 0.605. The van der Waals surface area contributed by atoms with Crippen LogP contribution < -0.4 is 10.6 Å². The quantitative estimate of drug-likeness (QED) is 0.196. The van der Waals surface area contributed by atoms with Crippen LogP contribution in [0.5, 0.6) is 0 Å². The summed E-state index contributed by atoms with van der Waals surface area (Å²) in [7, 11) is 1.78. The molecule has 3 saturated carbocycles. The van der Waals surface area contributed by atoms with Crippen LogP contribution in [-0.4, -0.2) is 91.2 Å². The molecule has 2 bridgehead atoms. The summed E-state index contributed by atoms with van der Waals surface area (Å²) in [4.78, 5) is 56.9. The molecule has 13 nitrogen and oxygen atoms in total. The van der Waals surface area contributed by atoms with Crippen LogP contribution in [0.25, 0.3) is 0 Å². The highest BCUT2D eigenvalue weighted by atomic mass is 16.6. The van der Waals surface area contributed by atoms with Gasteiger partial charge in [0, 0.05) is 63.0 Å². The summed E-state index contributed by atoms with van der Waals surface area (Å²) >= 11 is 0. The maximum atomic E-state index is 14.2. The zero-order chi connectivity index (χ0) is 35.5. The van der Waals surface area contributed by atoms with E-state index >= 15 is 0 Å². The van der Waals surface area contributed by atoms with Crippen molar-refractivity contribution in [2.75, 3.05) is 6.54 Å².